The molecule has 0 spiro atoms. The van der Waals surface area contributed by atoms with Gasteiger partial charge in [-0.05, 0) is 82.8 Å². The van der Waals surface area contributed by atoms with Crippen LogP contribution in [0.25, 0.3) is 11.1 Å². The van der Waals surface area contributed by atoms with Crippen molar-refractivity contribution in [2.75, 3.05) is 12.4 Å². The number of nitriles is 1. The molecule has 5 aromatic rings. The van der Waals surface area contributed by atoms with E-state index in [4.69, 9.17) is 42.7 Å². The number of anilines is 1. The maximum absolute atomic E-state index is 13.5. The van der Waals surface area contributed by atoms with Gasteiger partial charge in [0.25, 0.3) is 5.91 Å². The van der Waals surface area contributed by atoms with Crippen LogP contribution in [-0.4, -0.2) is 37.0 Å². The number of amides is 2. The van der Waals surface area contributed by atoms with Gasteiger partial charge >= 0.3 is 5.97 Å². The molecule has 0 radical (unpaired) electrons. The maximum Gasteiger partial charge on any atom is 0.328 e. The van der Waals surface area contributed by atoms with Crippen molar-refractivity contribution in [2.45, 2.75) is 44.2 Å². The van der Waals surface area contributed by atoms with Crippen LogP contribution in [0.15, 0.2) is 103 Å². The number of methoxy groups -OCH3 is 1. The number of halogens is 2. The molecule has 10 nitrogen and oxygen atoms in total. The van der Waals surface area contributed by atoms with Gasteiger partial charge in [0.2, 0.25) is 12.0 Å². The Hall–Kier alpha value is -5.86. The summed E-state index contributed by atoms with van der Waals surface area (Å²) in [5.41, 5.74) is 7.01. The molecule has 3 N–H and O–H groups in total. The molecule has 0 aromatic heterocycles. The maximum atomic E-state index is 13.5. The number of benzene rings is 5. The molecule has 7 rings (SSSR count). The van der Waals surface area contributed by atoms with E-state index < -0.39 is 24.2 Å². The minimum absolute atomic E-state index is 0.191. The third-order valence-corrected chi connectivity index (χ3v) is 10.2. The summed E-state index contributed by atoms with van der Waals surface area (Å²) in [6, 6.07) is 31.6. The average Bonchev–Trinajstić information content (AvgIpc) is 3.19. The summed E-state index contributed by atoms with van der Waals surface area (Å²) in [5, 5.41) is 19.2. The number of nitrogens with zero attached hydrogens (tertiary/aromatic N) is 1. The Morgan fingerprint density at radius 2 is 1.63 bits per heavy atom. The molecule has 0 saturated heterocycles. The van der Waals surface area contributed by atoms with E-state index in [9.17, 15) is 14.4 Å². The van der Waals surface area contributed by atoms with E-state index in [0.717, 1.165) is 27.8 Å². The largest absolute Gasteiger partial charge is 0.489 e. The molecule has 2 aliphatic rings. The van der Waals surface area contributed by atoms with Crippen LogP contribution in [0.2, 0.25) is 10.0 Å². The van der Waals surface area contributed by atoms with E-state index in [0.29, 0.717) is 56.9 Å². The second kappa shape index (κ2) is 16.0. The number of esters is 1. The highest BCUT2D eigenvalue weighted by atomic mass is 35.5. The van der Waals surface area contributed by atoms with Gasteiger partial charge in [-0.1, -0.05) is 77.8 Å². The summed E-state index contributed by atoms with van der Waals surface area (Å²) in [7, 11) is 1.29. The Bertz CT molecular complexity index is 2240. The second-order valence-electron chi connectivity index (χ2n) is 13.0. The van der Waals surface area contributed by atoms with Crippen LogP contribution >= 0.6 is 23.2 Å². The van der Waals surface area contributed by atoms with Crippen LogP contribution in [-0.2, 0) is 45.1 Å². The van der Waals surface area contributed by atoms with Crippen LogP contribution in [0.4, 0.5) is 5.69 Å². The number of rotatable bonds is 10. The number of ether oxygens (including phenoxy) is 3. The van der Waals surface area contributed by atoms with Crippen molar-refractivity contribution in [2.24, 2.45) is 0 Å². The minimum Gasteiger partial charge on any atom is -0.489 e. The van der Waals surface area contributed by atoms with E-state index in [-0.39, 0.29) is 24.8 Å². The van der Waals surface area contributed by atoms with Crippen LogP contribution < -0.4 is 25.4 Å². The lowest BCUT2D eigenvalue weighted by molar-refractivity contribution is -0.145. The van der Waals surface area contributed by atoms with Crippen molar-refractivity contribution in [1.29, 1.82) is 5.26 Å². The molecule has 3 atom stereocenters. The summed E-state index contributed by atoms with van der Waals surface area (Å²) in [5.74, 6) is -0.118. The number of carbonyl (C=O) groups excluding carboxylic acids is 3. The predicted molar refractivity (Wildman–Crippen MR) is 204 cm³/mol. The predicted octanol–water partition coefficient (Wildman–Crippen LogP) is 7.10. The molecule has 2 amide bonds. The number of carbonyl (C=O) groups is 3. The first kappa shape index (κ1) is 36.5. The summed E-state index contributed by atoms with van der Waals surface area (Å²) in [6.45, 7) is 0.570. The molecule has 272 valence electrons. The van der Waals surface area contributed by atoms with Gasteiger partial charge in [-0.15, -0.1) is 0 Å². The molecule has 0 bridgehead atoms. The summed E-state index contributed by atoms with van der Waals surface area (Å²) >= 11 is 12.5. The van der Waals surface area contributed by atoms with Crippen molar-refractivity contribution in [3.05, 3.63) is 147 Å². The van der Waals surface area contributed by atoms with Gasteiger partial charge in [0.1, 0.15) is 24.1 Å². The van der Waals surface area contributed by atoms with Gasteiger partial charge in [-0.2, -0.15) is 5.26 Å². The Balaban J connectivity index is 0.975. The quantitative estimate of drug-likeness (QED) is 0.128. The van der Waals surface area contributed by atoms with Crippen molar-refractivity contribution in [1.82, 2.24) is 10.6 Å². The second-order valence-corrected chi connectivity index (χ2v) is 13.8. The van der Waals surface area contributed by atoms with Gasteiger partial charge in [0.05, 0.1) is 30.5 Å². The highest BCUT2D eigenvalue weighted by Gasteiger charge is 2.33. The fraction of sp³-hybridized carbons (Fsp3) is 0.190. The van der Waals surface area contributed by atoms with E-state index in [2.05, 4.69) is 22.0 Å². The highest BCUT2D eigenvalue weighted by molar-refractivity contribution is 6.35. The Morgan fingerprint density at radius 3 is 2.30 bits per heavy atom. The first-order valence-electron chi connectivity index (χ1n) is 17.2. The molecule has 0 saturated carbocycles. The molecule has 2 heterocycles. The normalized spacial score (nSPS) is 16.4. The number of fused-ring (bicyclic) bond motifs is 2. The Labute approximate surface area is 322 Å². The van der Waals surface area contributed by atoms with Crippen molar-refractivity contribution in [3.63, 3.8) is 0 Å². The van der Waals surface area contributed by atoms with E-state index in [1.807, 2.05) is 48.5 Å². The first-order valence-corrected chi connectivity index (χ1v) is 17.9. The standard InChI is InChI=1S/C42H34Cl2N4O6/c1-52-42(51)37(17-24-5-9-26(10-6-24)27-11-7-25(21-45)8-12-27)48-40(49)36-19-29-18-35-38(20-30(29)22-46-36)54-39(41(50)47-35)28-13-15-31(16-14-28)53-23-32-33(43)3-2-4-34(32)44/h2-16,18,20,36-37,39,46H,17,19,22-23H2,1H3,(H,47,50)(H,48,49)/t36?,37-,39-/m0/s1. The lowest BCUT2D eigenvalue weighted by Crippen LogP contribution is -2.53. The lowest BCUT2D eigenvalue weighted by Gasteiger charge is -2.31. The highest BCUT2D eigenvalue weighted by Crippen LogP contribution is 2.39. The van der Waals surface area contributed by atoms with Crippen molar-refractivity contribution in [3.8, 4) is 28.7 Å². The molecular weight excluding hydrogens is 727 g/mol. The van der Waals surface area contributed by atoms with Gasteiger partial charge in [-0.25, -0.2) is 4.79 Å². The molecule has 2 aliphatic heterocycles. The molecule has 54 heavy (non-hydrogen) atoms. The van der Waals surface area contributed by atoms with Crippen LogP contribution in [0.3, 0.4) is 0 Å². The van der Waals surface area contributed by atoms with Crippen molar-refractivity contribution < 1.29 is 28.6 Å². The van der Waals surface area contributed by atoms with Gasteiger partial charge in [0.15, 0.2) is 0 Å². The number of hydrogen-bond donors (Lipinski definition) is 3. The summed E-state index contributed by atoms with van der Waals surface area (Å²) < 4.78 is 17.1. The smallest absolute Gasteiger partial charge is 0.328 e. The molecule has 1 unspecified atom stereocenters. The van der Waals surface area contributed by atoms with Gasteiger partial charge in [-0.3, -0.25) is 9.59 Å². The first-order chi connectivity index (χ1) is 26.2. The van der Waals surface area contributed by atoms with Crippen LogP contribution in [0.5, 0.6) is 11.5 Å². The summed E-state index contributed by atoms with van der Waals surface area (Å²) in [4.78, 5) is 39.5. The zero-order valence-corrected chi connectivity index (χ0v) is 30.5. The zero-order chi connectivity index (χ0) is 37.8. The molecule has 5 aromatic carbocycles. The molecular formula is C42H34Cl2N4O6. The minimum atomic E-state index is -0.902. The van der Waals surface area contributed by atoms with Gasteiger partial charge < -0.3 is 30.2 Å². The van der Waals surface area contributed by atoms with Crippen LogP contribution in [0.1, 0.15) is 39.5 Å². The Kier molecular flexibility index (Phi) is 10.8. The number of hydrogen-bond acceptors (Lipinski definition) is 8. The fourth-order valence-electron chi connectivity index (χ4n) is 6.50. The molecule has 0 fully saturated rings. The number of nitrogens with one attached hydrogen (secondary N) is 3. The topological polar surface area (TPSA) is 139 Å². The van der Waals surface area contributed by atoms with E-state index in [1.165, 1.54) is 7.11 Å². The fourth-order valence-corrected chi connectivity index (χ4v) is 7.01. The third-order valence-electron chi connectivity index (χ3n) is 9.49. The molecule has 12 heteroatoms. The molecule has 0 aliphatic carbocycles. The summed E-state index contributed by atoms with van der Waals surface area (Å²) in [6.07, 6.45) is -0.303. The van der Waals surface area contributed by atoms with Crippen LogP contribution in [0, 0.1) is 11.3 Å². The SMILES string of the molecule is COC(=O)[C@H](Cc1ccc(-c2ccc(C#N)cc2)cc1)NC(=O)C1Cc2cc3c(cc2CN1)O[C@@H](c1ccc(OCc2c(Cl)cccc2Cl)cc1)C(=O)N3. The van der Waals surface area contributed by atoms with Gasteiger partial charge in [0, 0.05) is 34.1 Å². The zero-order valence-electron chi connectivity index (χ0n) is 29.0. The van der Waals surface area contributed by atoms with E-state index >= 15 is 0 Å². The third kappa shape index (κ3) is 8.04. The Morgan fingerprint density at radius 1 is 0.944 bits per heavy atom. The monoisotopic (exact) mass is 760 g/mol. The van der Waals surface area contributed by atoms with Crippen molar-refractivity contribution >= 4 is 46.7 Å². The average molecular weight is 762 g/mol. The van der Waals surface area contributed by atoms with E-state index in [1.54, 1.807) is 54.6 Å². The lowest BCUT2D eigenvalue weighted by atomic mass is 9.93.